The van der Waals surface area contributed by atoms with Crippen molar-refractivity contribution < 1.29 is 19.4 Å². The Morgan fingerprint density at radius 3 is 2.70 bits per heavy atom. The van der Waals surface area contributed by atoms with Crippen LogP contribution in [0.4, 0.5) is 0 Å². The molecule has 0 aromatic carbocycles. The number of aliphatic hydroxyl groups excluding tert-OH is 1. The van der Waals surface area contributed by atoms with Gasteiger partial charge in [0.15, 0.2) is 0 Å². The fraction of sp³-hybridized carbons (Fsp3) is 0.789. The fourth-order valence-corrected chi connectivity index (χ4v) is 3.26. The van der Waals surface area contributed by atoms with Crippen LogP contribution in [0.15, 0.2) is 12.2 Å². The van der Waals surface area contributed by atoms with Crippen LogP contribution in [0, 0.1) is 11.8 Å². The van der Waals surface area contributed by atoms with Crippen LogP contribution in [0.25, 0.3) is 0 Å². The summed E-state index contributed by atoms with van der Waals surface area (Å²) >= 11 is 0. The van der Waals surface area contributed by atoms with Crippen molar-refractivity contribution in [2.24, 2.45) is 11.8 Å². The second-order valence-electron chi connectivity index (χ2n) is 6.52. The molecule has 0 amide bonds. The highest BCUT2D eigenvalue weighted by Crippen LogP contribution is 2.34. The van der Waals surface area contributed by atoms with Crippen molar-refractivity contribution in [1.29, 1.82) is 0 Å². The lowest BCUT2D eigenvalue weighted by Gasteiger charge is -2.17. The van der Waals surface area contributed by atoms with Crippen LogP contribution in [0.3, 0.4) is 0 Å². The Morgan fingerprint density at radius 2 is 2.00 bits per heavy atom. The number of Topliss-reactive ketones (excluding diaryl/α,β-unsaturated/α-hetero) is 1. The predicted octanol–water partition coefficient (Wildman–Crippen LogP) is 3.81. The summed E-state index contributed by atoms with van der Waals surface area (Å²) in [4.78, 5) is 23.1. The number of methoxy groups -OCH3 is 1. The van der Waals surface area contributed by atoms with Gasteiger partial charge in [-0.3, -0.25) is 9.59 Å². The molecule has 4 heteroatoms. The molecule has 4 nitrogen and oxygen atoms in total. The van der Waals surface area contributed by atoms with E-state index in [-0.39, 0.29) is 23.6 Å². The lowest BCUT2D eigenvalue weighted by atomic mass is 9.88. The minimum absolute atomic E-state index is 0.00516. The van der Waals surface area contributed by atoms with E-state index >= 15 is 0 Å². The number of unbranched alkanes of at least 4 members (excludes halogenated alkanes) is 5. The van der Waals surface area contributed by atoms with Gasteiger partial charge < -0.3 is 9.84 Å². The van der Waals surface area contributed by atoms with Crippen LogP contribution in [0.5, 0.6) is 0 Å². The molecule has 1 rings (SSSR count). The van der Waals surface area contributed by atoms with Gasteiger partial charge >= 0.3 is 5.97 Å². The highest BCUT2D eigenvalue weighted by molar-refractivity contribution is 5.84. The molecule has 132 valence electrons. The largest absolute Gasteiger partial charge is 0.469 e. The third kappa shape index (κ3) is 7.30. The van der Waals surface area contributed by atoms with Crippen molar-refractivity contribution in [3.05, 3.63) is 12.2 Å². The van der Waals surface area contributed by atoms with E-state index in [0.29, 0.717) is 12.8 Å². The van der Waals surface area contributed by atoms with Gasteiger partial charge in [0, 0.05) is 24.7 Å². The van der Waals surface area contributed by atoms with E-state index in [0.717, 1.165) is 51.4 Å². The number of hydrogen-bond donors (Lipinski definition) is 1. The second-order valence-corrected chi connectivity index (χ2v) is 6.52. The number of aliphatic hydroxyl groups is 1. The predicted molar refractivity (Wildman–Crippen MR) is 91.0 cm³/mol. The number of carbonyl (C=O) groups excluding carboxylic acids is 2. The SMILES string of the molecule is CCCCC=CC1C(O)CC(=O)C1CCCCCCC(=O)OC. The van der Waals surface area contributed by atoms with E-state index in [4.69, 9.17) is 0 Å². The van der Waals surface area contributed by atoms with Crippen molar-refractivity contribution >= 4 is 11.8 Å². The quantitative estimate of drug-likeness (QED) is 0.356. The molecule has 0 aromatic heterocycles. The van der Waals surface area contributed by atoms with E-state index in [1.165, 1.54) is 7.11 Å². The monoisotopic (exact) mass is 324 g/mol. The molecule has 1 aliphatic rings. The number of allylic oxidation sites excluding steroid dienone is 1. The fourth-order valence-electron chi connectivity index (χ4n) is 3.26. The summed E-state index contributed by atoms with van der Waals surface area (Å²) in [6.45, 7) is 2.16. The van der Waals surface area contributed by atoms with E-state index < -0.39 is 6.10 Å². The third-order valence-corrected chi connectivity index (χ3v) is 4.69. The Kier molecular flexibility index (Phi) is 9.85. The van der Waals surface area contributed by atoms with Gasteiger partial charge in [0.1, 0.15) is 5.78 Å². The van der Waals surface area contributed by atoms with Crippen molar-refractivity contribution in [3.8, 4) is 0 Å². The average molecular weight is 324 g/mol. The first-order valence-electron chi connectivity index (χ1n) is 9.04. The molecule has 23 heavy (non-hydrogen) atoms. The van der Waals surface area contributed by atoms with Crippen LogP contribution in [0.1, 0.15) is 71.1 Å². The van der Waals surface area contributed by atoms with Gasteiger partial charge in [0.2, 0.25) is 0 Å². The average Bonchev–Trinajstić information content (AvgIpc) is 2.80. The maximum absolute atomic E-state index is 12.1. The zero-order valence-corrected chi connectivity index (χ0v) is 14.6. The van der Waals surface area contributed by atoms with Crippen LogP contribution in [0.2, 0.25) is 0 Å². The first-order valence-corrected chi connectivity index (χ1v) is 9.04. The van der Waals surface area contributed by atoms with E-state index in [1.807, 2.05) is 0 Å². The maximum Gasteiger partial charge on any atom is 0.305 e. The lowest BCUT2D eigenvalue weighted by molar-refractivity contribution is -0.140. The van der Waals surface area contributed by atoms with Crippen LogP contribution < -0.4 is 0 Å². The molecular weight excluding hydrogens is 292 g/mol. The number of ketones is 1. The molecule has 0 aliphatic heterocycles. The Bertz CT molecular complexity index is 389. The summed E-state index contributed by atoms with van der Waals surface area (Å²) in [6.07, 6.45) is 12.4. The van der Waals surface area contributed by atoms with Crippen LogP contribution in [-0.2, 0) is 14.3 Å². The summed E-state index contributed by atoms with van der Waals surface area (Å²) in [7, 11) is 1.41. The van der Waals surface area contributed by atoms with Gasteiger partial charge in [-0.05, 0) is 19.3 Å². The van der Waals surface area contributed by atoms with E-state index in [1.54, 1.807) is 0 Å². The van der Waals surface area contributed by atoms with Gasteiger partial charge in [-0.1, -0.05) is 51.2 Å². The molecule has 1 N–H and O–H groups in total. The van der Waals surface area contributed by atoms with Gasteiger partial charge in [0.05, 0.1) is 13.2 Å². The molecule has 1 saturated carbocycles. The lowest BCUT2D eigenvalue weighted by Crippen LogP contribution is -2.18. The van der Waals surface area contributed by atoms with Crippen LogP contribution in [-0.4, -0.2) is 30.1 Å². The zero-order valence-electron chi connectivity index (χ0n) is 14.6. The minimum Gasteiger partial charge on any atom is -0.469 e. The van der Waals surface area contributed by atoms with E-state index in [2.05, 4.69) is 23.8 Å². The molecule has 3 atom stereocenters. The first kappa shape index (κ1) is 19.9. The normalized spacial score (nSPS) is 24.5. The molecule has 3 unspecified atom stereocenters. The van der Waals surface area contributed by atoms with Gasteiger partial charge in [-0.15, -0.1) is 0 Å². The molecule has 0 radical (unpaired) electrons. The Hall–Kier alpha value is -1.16. The molecule has 0 aromatic rings. The highest BCUT2D eigenvalue weighted by Gasteiger charge is 2.39. The molecule has 0 heterocycles. The van der Waals surface area contributed by atoms with Gasteiger partial charge in [0.25, 0.3) is 0 Å². The maximum atomic E-state index is 12.1. The van der Waals surface area contributed by atoms with Crippen molar-refractivity contribution in [1.82, 2.24) is 0 Å². The van der Waals surface area contributed by atoms with Gasteiger partial charge in [-0.25, -0.2) is 0 Å². The summed E-state index contributed by atoms with van der Waals surface area (Å²) in [5, 5.41) is 10.1. The van der Waals surface area contributed by atoms with Crippen molar-refractivity contribution in [3.63, 3.8) is 0 Å². The van der Waals surface area contributed by atoms with Crippen molar-refractivity contribution in [2.45, 2.75) is 77.2 Å². The topological polar surface area (TPSA) is 63.6 Å². The molecule has 0 spiro atoms. The third-order valence-electron chi connectivity index (χ3n) is 4.69. The van der Waals surface area contributed by atoms with Gasteiger partial charge in [-0.2, -0.15) is 0 Å². The molecular formula is C19H32O4. The molecule has 0 saturated heterocycles. The zero-order chi connectivity index (χ0) is 17.1. The molecule has 0 bridgehead atoms. The first-order chi connectivity index (χ1) is 11.1. The number of ether oxygens (including phenoxy) is 1. The minimum atomic E-state index is -0.510. The smallest absolute Gasteiger partial charge is 0.305 e. The summed E-state index contributed by atoms with van der Waals surface area (Å²) in [6, 6.07) is 0. The molecule has 1 fully saturated rings. The standard InChI is InChI=1S/C19H32O4/c1-3-4-5-8-11-15-16(18(21)14-17(15)20)12-9-6-7-10-13-19(22)23-2/h8,11,15-17,20H,3-7,9-10,12-14H2,1-2H3. The Morgan fingerprint density at radius 1 is 1.26 bits per heavy atom. The number of carbonyl (C=O) groups is 2. The van der Waals surface area contributed by atoms with Crippen molar-refractivity contribution in [2.75, 3.05) is 7.11 Å². The highest BCUT2D eigenvalue weighted by atomic mass is 16.5. The summed E-state index contributed by atoms with van der Waals surface area (Å²) < 4.78 is 4.61. The molecule has 1 aliphatic carbocycles. The number of rotatable bonds is 11. The Labute approximate surface area is 140 Å². The summed E-state index contributed by atoms with van der Waals surface area (Å²) in [5.41, 5.74) is 0. The Balaban J connectivity index is 2.30. The number of esters is 1. The summed E-state index contributed by atoms with van der Waals surface area (Å²) in [5.74, 6) is 0.0199. The van der Waals surface area contributed by atoms with E-state index in [9.17, 15) is 14.7 Å². The van der Waals surface area contributed by atoms with Crippen LogP contribution >= 0.6 is 0 Å². The second kappa shape index (κ2) is 11.4. The number of hydrogen-bond acceptors (Lipinski definition) is 4.